The normalized spacial score (nSPS) is 17.0. The molecular formula is C20H23N5O3S2. The Kier molecular flexibility index (Phi) is 5.79. The quantitative estimate of drug-likeness (QED) is 0.347. The van der Waals surface area contributed by atoms with Crippen molar-refractivity contribution in [3.05, 3.63) is 38.4 Å². The van der Waals surface area contributed by atoms with Crippen LogP contribution < -0.4 is 11.3 Å². The molecule has 158 valence electrons. The van der Waals surface area contributed by atoms with Crippen LogP contribution in [-0.2, 0) is 17.6 Å². The molecule has 3 N–H and O–H groups in total. The highest BCUT2D eigenvalue weighted by Crippen LogP contribution is 2.37. The summed E-state index contributed by atoms with van der Waals surface area (Å²) in [5.41, 5.74) is 7.11. The minimum Gasteiger partial charge on any atom is -0.462 e. The van der Waals surface area contributed by atoms with Crippen LogP contribution in [0.4, 0.5) is 5.82 Å². The number of nitrogens with one attached hydrogen (secondary N) is 1. The van der Waals surface area contributed by atoms with E-state index < -0.39 is 5.97 Å². The first-order valence-corrected chi connectivity index (χ1v) is 11.6. The highest BCUT2D eigenvalue weighted by atomic mass is 32.2. The molecule has 1 aliphatic rings. The maximum atomic E-state index is 12.8. The number of hydrogen-bond donors (Lipinski definition) is 2. The molecule has 1 aliphatic carbocycles. The van der Waals surface area contributed by atoms with Crippen molar-refractivity contribution in [1.82, 2.24) is 19.9 Å². The molecule has 2 atom stereocenters. The summed E-state index contributed by atoms with van der Waals surface area (Å²) in [4.78, 5) is 42.8. The number of aromatic amines is 1. The van der Waals surface area contributed by atoms with Gasteiger partial charge in [0.2, 0.25) is 0 Å². The minimum absolute atomic E-state index is 0.0649. The third kappa shape index (κ3) is 3.93. The zero-order valence-electron chi connectivity index (χ0n) is 17.0. The second-order valence-corrected chi connectivity index (χ2v) is 9.81. The Morgan fingerprint density at radius 2 is 2.27 bits per heavy atom. The summed E-state index contributed by atoms with van der Waals surface area (Å²) in [5.74, 6) is 0.724. The molecule has 0 aromatic carbocycles. The van der Waals surface area contributed by atoms with Crippen molar-refractivity contribution in [2.24, 2.45) is 5.92 Å². The van der Waals surface area contributed by atoms with Gasteiger partial charge in [0, 0.05) is 11.1 Å². The van der Waals surface area contributed by atoms with Gasteiger partial charge in [-0.1, -0.05) is 18.7 Å². The highest BCUT2D eigenvalue weighted by molar-refractivity contribution is 7.99. The predicted molar refractivity (Wildman–Crippen MR) is 118 cm³/mol. The van der Waals surface area contributed by atoms with E-state index in [0.29, 0.717) is 16.9 Å². The molecular weight excluding hydrogens is 422 g/mol. The van der Waals surface area contributed by atoms with Gasteiger partial charge in [-0.2, -0.15) is 0 Å². The predicted octanol–water partition coefficient (Wildman–Crippen LogP) is 3.51. The number of carbonyl (C=O) groups is 1. The third-order valence-corrected chi connectivity index (χ3v) is 7.28. The van der Waals surface area contributed by atoms with Crippen LogP contribution in [0, 0.1) is 5.92 Å². The first-order chi connectivity index (χ1) is 14.4. The molecule has 4 rings (SSSR count). The lowest BCUT2D eigenvalue weighted by Gasteiger charge is -2.17. The van der Waals surface area contributed by atoms with E-state index in [2.05, 4.69) is 21.9 Å². The van der Waals surface area contributed by atoms with E-state index in [-0.39, 0.29) is 28.8 Å². The number of nitrogen functional groups attached to an aromatic ring is 1. The van der Waals surface area contributed by atoms with Crippen molar-refractivity contribution in [3.63, 3.8) is 0 Å². The van der Waals surface area contributed by atoms with Crippen molar-refractivity contribution in [1.29, 1.82) is 0 Å². The number of carbonyl (C=O) groups excluding carboxylic acids is 1. The van der Waals surface area contributed by atoms with Gasteiger partial charge < -0.3 is 15.5 Å². The Balaban J connectivity index is 1.59. The Bertz CT molecular complexity index is 1170. The van der Waals surface area contributed by atoms with E-state index in [1.165, 1.54) is 28.4 Å². The molecule has 0 radical (unpaired) electrons. The maximum Gasteiger partial charge on any atom is 0.343 e. The number of H-pyrrole nitrogens is 1. The molecule has 0 bridgehead atoms. The van der Waals surface area contributed by atoms with E-state index in [1.54, 1.807) is 18.3 Å². The monoisotopic (exact) mass is 445 g/mol. The van der Waals surface area contributed by atoms with E-state index in [4.69, 9.17) is 15.5 Å². The number of fused-ring (bicyclic) bond motifs is 3. The number of nitrogens with zero attached hydrogens (tertiary/aromatic N) is 3. The summed E-state index contributed by atoms with van der Waals surface area (Å²) < 4.78 is 4.94. The Hall–Kier alpha value is -2.46. The lowest BCUT2D eigenvalue weighted by Crippen LogP contribution is -2.15. The van der Waals surface area contributed by atoms with Gasteiger partial charge >= 0.3 is 5.97 Å². The van der Waals surface area contributed by atoms with Crippen LogP contribution in [0.5, 0.6) is 0 Å². The van der Waals surface area contributed by atoms with Crippen LogP contribution in [0.15, 0.2) is 16.1 Å². The molecule has 0 saturated heterocycles. The standard InChI is InChI=1S/C20H23N5O3S2/c1-4-28-19(27)12-8-22-20(23-15(12)21)29-10(3)16-24-17(26)14-11-6-5-9(2)7-13(11)30-18(14)25-16/h8-10H,4-7H2,1-3H3,(H2,21,22,23)(H,24,25,26). The van der Waals surface area contributed by atoms with Crippen LogP contribution in [-0.4, -0.2) is 32.5 Å². The van der Waals surface area contributed by atoms with Gasteiger partial charge in [0.05, 0.1) is 17.2 Å². The molecule has 0 saturated carbocycles. The average molecular weight is 446 g/mol. The van der Waals surface area contributed by atoms with Gasteiger partial charge in [-0.3, -0.25) is 4.79 Å². The van der Waals surface area contributed by atoms with Gasteiger partial charge in [0.1, 0.15) is 22.0 Å². The SMILES string of the molecule is CCOC(=O)c1cnc(SC(C)c2nc3sc4c(c3c(=O)[nH]2)CCC(C)C4)nc1N. The van der Waals surface area contributed by atoms with Gasteiger partial charge in [-0.25, -0.2) is 19.7 Å². The van der Waals surface area contributed by atoms with E-state index in [9.17, 15) is 9.59 Å². The van der Waals surface area contributed by atoms with Gasteiger partial charge in [0.25, 0.3) is 5.56 Å². The minimum atomic E-state index is -0.549. The lowest BCUT2D eigenvalue weighted by atomic mass is 9.89. The number of ether oxygens (including phenoxy) is 1. The number of nitrogens with two attached hydrogens (primary N) is 1. The van der Waals surface area contributed by atoms with Gasteiger partial charge in [-0.05, 0) is 44.6 Å². The number of thiophene rings is 1. The Morgan fingerprint density at radius 1 is 1.47 bits per heavy atom. The number of hydrogen-bond acceptors (Lipinski definition) is 9. The smallest absolute Gasteiger partial charge is 0.343 e. The number of aryl methyl sites for hydroxylation is 1. The molecule has 2 unspecified atom stereocenters. The molecule has 3 heterocycles. The molecule has 8 nitrogen and oxygen atoms in total. The van der Waals surface area contributed by atoms with Crippen molar-refractivity contribution < 1.29 is 9.53 Å². The second-order valence-electron chi connectivity index (χ2n) is 7.42. The Morgan fingerprint density at radius 3 is 3.00 bits per heavy atom. The summed E-state index contributed by atoms with van der Waals surface area (Å²) in [5, 5.41) is 0.935. The zero-order valence-corrected chi connectivity index (χ0v) is 18.7. The first-order valence-electron chi connectivity index (χ1n) is 9.88. The molecule has 0 spiro atoms. The van der Waals surface area contributed by atoms with Crippen molar-refractivity contribution in [2.45, 2.75) is 50.4 Å². The lowest BCUT2D eigenvalue weighted by molar-refractivity contribution is 0.0526. The first kappa shape index (κ1) is 20.8. The summed E-state index contributed by atoms with van der Waals surface area (Å²) in [6, 6.07) is 0. The number of esters is 1. The Labute approximate surface area is 181 Å². The molecule has 0 amide bonds. The van der Waals surface area contributed by atoms with E-state index in [1.807, 2.05) is 6.92 Å². The van der Waals surface area contributed by atoms with E-state index in [0.717, 1.165) is 29.5 Å². The fourth-order valence-corrected chi connectivity index (χ4v) is 5.77. The fourth-order valence-electron chi connectivity index (χ4n) is 3.57. The van der Waals surface area contributed by atoms with Crippen molar-refractivity contribution >= 4 is 45.1 Å². The van der Waals surface area contributed by atoms with Gasteiger partial charge in [0.15, 0.2) is 5.16 Å². The number of anilines is 1. The fraction of sp³-hybridized carbons (Fsp3) is 0.450. The molecule has 3 aromatic heterocycles. The van der Waals surface area contributed by atoms with Gasteiger partial charge in [-0.15, -0.1) is 11.3 Å². The maximum absolute atomic E-state index is 12.8. The largest absolute Gasteiger partial charge is 0.462 e. The molecule has 0 fully saturated rings. The van der Waals surface area contributed by atoms with Crippen LogP contribution in [0.1, 0.15) is 59.1 Å². The topological polar surface area (TPSA) is 124 Å². The second kappa shape index (κ2) is 8.35. The molecule has 30 heavy (non-hydrogen) atoms. The highest BCUT2D eigenvalue weighted by Gasteiger charge is 2.24. The zero-order chi connectivity index (χ0) is 21.4. The number of aromatic nitrogens is 4. The van der Waals surface area contributed by atoms with Crippen LogP contribution >= 0.6 is 23.1 Å². The summed E-state index contributed by atoms with van der Waals surface area (Å²) >= 11 is 2.94. The number of rotatable bonds is 5. The summed E-state index contributed by atoms with van der Waals surface area (Å²) in [7, 11) is 0. The van der Waals surface area contributed by atoms with Crippen molar-refractivity contribution in [3.8, 4) is 0 Å². The summed E-state index contributed by atoms with van der Waals surface area (Å²) in [6.45, 7) is 6.13. The van der Waals surface area contributed by atoms with Crippen LogP contribution in [0.3, 0.4) is 0 Å². The molecule has 3 aromatic rings. The van der Waals surface area contributed by atoms with E-state index >= 15 is 0 Å². The van der Waals surface area contributed by atoms with Crippen LogP contribution in [0.25, 0.3) is 10.2 Å². The molecule has 0 aliphatic heterocycles. The number of thioether (sulfide) groups is 1. The summed E-state index contributed by atoms with van der Waals surface area (Å²) in [6.07, 6.45) is 4.41. The van der Waals surface area contributed by atoms with Crippen molar-refractivity contribution in [2.75, 3.05) is 12.3 Å². The van der Waals surface area contributed by atoms with Crippen LogP contribution in [0.2, 0.25) is 0 Å². The molecule has 10 heteroatoms. The average Bonchev–Trinajstić information content (AvgIpc) is 3.05. The third-order valence-electron chi connectivity index (χ3n) is 5.14.